The van der Waals surface area contributed by atoms with E-state index in [-0.39, 0.29) is 22.7 Å². The molecule has 1 aromatic heterocycles. The molecule has 0 radical (unpaired) electrons. The molecule has 25 heavy (non-hydrogen) atoms. The van der Waals surface area contributed by atoms with E-state index in [0.29, 0.717) is 0 Å². The lowest BCUT2D eigenvalue weighted by atomic mass is 10.1. The standard InChI is InChI=1S/C15H16N4O6/c1-15(2,14(21)22)18-8-10(7-16-18)17-13(20)9-4-5-11(19(23)24)12(6-9)25-3/h4-8H,1-3H3,(H,17,20)(H,21,22). The van der Waals surface area contributed by atoms with E-state index < -0.39 is 22.3 Å². The lowest BCUT2D eigenvalue weighted by Gasteiger charge is -2.19. The van der Waals surface area contributed by atoms with Crippen LogP contribution in [-0.4, -0.2) is 38.8 Å². The average Bonchev–Trinajstić information content (AvgIpc) is 3.03. The number of rotatable bonds is 6. The zero-order valence-corrected chi connectivity index (χ0v) is 13.7. The lowest BCUT2D eigenvalue weighted by molar-refractivity contribution is -0.385. The number of anilines is 1. The van der Waals surface area contributed by atoms with Crippen LogP contribution < -0.4 is 10.1 Å². The van der Waals surface area contributed by atoms with Crippen LogP contribution in [0.5, 0.6) is 5.75 Å². The summed E-state index contributed by atoms with van der Waals surface area (Å²) in [5.41, 5.74) is -1.10. The van der Waals surface area contributed by atoms with Crippen molar-refractivity contribution in [3.05, 3.63) is 46.3 Å². The van der Waals surface area contributed by atoms with Crippen molar-refractivity contribution in [2.75, 3.05) is 12.4 Å². The number of nitrogens with one attached hydrogen (secondary N) is 1. The SMILES string of the molecule is COc1cc(C(=O)Nc2cnn(C(C)(C)C(=O)O)c2)ccc1[N+](=O)[O-]. The van der Waals surface area contributed by atoms with E-state index in [2.05, 4.69) is 10.4 Å². The first-order valence-electron chi connectivity index (χ1n) is 7.09. The van der Waals surface area contributed by atoms with Gasteiger partial charge in [0.2, 0.25) is 0 Å². The second-order valence-electron chi connectivity index (χ2n) is 5.64. The first-order valence-corrected chi connectivity index (χ1v) is 7.09. The topological polar surface area (TPSA) is 137 Å². The van der Waals surface area contributed by atoms with Crippen molar-refractivity contribution in [3.8, 4) is 5.75 Å². The van der Waals surface area contributed by atoms with E-state index in [1.807, 2.05) is 0 Å². The highest BCUT2D eigenvalue weighted by Crippen LogP contribution is 2.28. The van der Waals surface area contributed by atoms with Crippen molar-refractivity contribution in [1.29, 1.82) is 0 Å². The van der Waals surface area contributed by atoms with E-state index in [0.717, 1.165) is 0 Å². The molecule has 2 N–H and O–H groups in total. The van der Waals surface area contributed by atoms with Gasteiger partial charge in [0.05, 0.1) is 23.9 Å². The number of hydrogen-bond acceptors (Lipinski definition) is 6. The van der Waals surface area contributed by atoms with Gasteiger partial charge < -0.3 is 15.2 Å². The number of ether oxygens (including phenoxy) is 1. The van der Waals surface area contributed by atoms with Gasteiger partial charge >= 0.3 is 11.7 Å². The Morgan fingerprint density at radius 3 is 2.64 bits per heavy atom. The van der Waals surface area contributed by atoms with Crippen molar-refractivity contribution < 1.29 is 24.4 Å². The van der Waals surface area contributed by atoms with Crippen LogP contribution in [0.4, 0.5) is 11.4 Å². The van der Waals surface area contributed by atoms with Crippen LogP contribution in [0.3, 0.4) is 0 Å². The summed E-state index contributed by atoms with van der Waals surface area (Å²) in [5, 5.41) is 26.5. The molecule has 1 heterocycles. The zero-order valence-electron chi connectivity index (χ0n) is 13.7. The molecule has 0 spiro atoms. The monoisotopic (exact) mass is 348 g/mol. The Hall–Kier alpha value is -3.43. The predicted molar refractivity (Wildman–Crippen MR) is 86.8 cm³/mol. The Balaban J connectivity index is 2.22. The fourth-order valence-electron chi connectivity index (χ4n) is 1.96. The summed E-state index contributed by atoms with van der Waals surface area (Å²) in [6.45, 7) is 2.93. The fraction of sp³-hybridized carbons (Fsp3) is 0.267. The minimum atomic E-state index is -1.28. The lowest BCUT2D eigenvalue weighted by Crippen LogP contribution is -2.35. The molecule has 1 amide bonds. The number of carboxylic acids is 1. The number of benzene rings is 1. The second-order valence-corrected chi connectivity index (χ2v) is 5.64. The summed E-state index contributed by atoms with van der Waals surface area (Å²) in [5.74, 6) is -1.66. The normalized spacial score (nSPS) is 11.0. The van der Waals surface area contributed by atoms with Gasteiger partial charge in [0.25, 0.3) is 5.91 Å². The van der Waals surface area contributed by atoms with Gasteiger partial charge in [-0.05, 0) is 19.9 Å². The van der Waals surface area contributed by atoms with E-state index in [1.54, 1.807) is 0 Å². The zero-order chi connectivity index (χ0) is 18.8. The Bertz CT molecular complexity index is 842. The highest BCUT2D eigenvalue weighted by atomic mass is 16.6. The van der Waals surface area contributed by atoms with Gasteiger partial charge in [0, 0.05) is 23.9 Å². The third-order valence-corrected chi connectivity index (χ3v) is 3.58. The Morgan fingerprint density at radius 2 is 2.08 bits per heavy atom. The van der Waals surface area contributed by atoms with Crippen LogP contribution in [0, 0.1) is 10.1 Å². The maximum Gasteiger partial charge on any atom is 0.331 e. The molecule has 0 saturated carbocycles. The third kappa shape index (κ3) is 3.57. The number of aliphatic carboxylic acids is 1. The number of carboxylic acid groups (broad SMARTS) is 1. The number of nitro benzene ring substituents is 1. The van der Waals surface area contributed by atoms with E-state index in [1.165, 1.54) is 56.2 Å². The van der Waals surface area contributed by atoms with Crippen molar-refractivity contribution in [2.24, 2.45) is 0 Å². The van der Waals surface area contributed by atoms with E-state index >= 15 is 0 Å². The molecule has 10 heteroatoms. The maximum atomic E-state index is 12.3. The summed E-state index contributed by atoms with van der Waals surface area (Å²) in [6.07, 6.45) is 2.69. The van der Waals surface area contributed by atoms with Crippen molar-refractivity contribution in [1.82, 2.24) is 9.78 Å². The fourth-order valence-corrected chi connectivity index (χ4v) is 1.96. The summed E-state index contributed by atoms with van der Waals surface area (Å²) in [7, 11) is 1.27. The van der Waals surface area contributed by atoms with Gasteiger partial charge in [-0.1, -0.05) is 0 Å². The molecule has 0 saturated heterocycles. The van der Waals surface area contributed by atoms with Gasteiger partial charge in [0.15, 0.2) is 11.3 Å². The summed E-state index contributed by atoms with van der Waals surface area (Å²) in [4.78, 5) is 33.7. The highest BCUT2D eigenvalue weighted by Gasteiger charge is 2.30. The van der Waals surface area contributed by atoms with Crippen LogP contribution in [0.2, 0.25) is 0 Å². The highest BCUT2D eigenvalue weighted by molar-refractivity contribution is 6.04. The van der Waals surface area contributed by atoms with Crippen molar-refractivity contribution in [3.63, 3.8) is 0 Å². The molecule has 10 nitrogen and oxygen atoms in total. The number of carbonyl (C=O) groups excluding carboxylic acids is 1. The van der Waals surface area contributed by atoms with Crippen molar-refractivity contribution in [2.45, 2.75) is 19.4 Å². The van der Waals surface area contributed by atoms with Crippen LogP contribution in [0.25, 0.3) is 0 Å². The number of nitro groups is 1. The van der Waals surface area contributed by atoms with Crippen LogP contribution >= 0.6 is 0 Å². The number of hydrogen-bond donors (Lipinski definition) is 2. The minimum Gasteiger partial charge on any atom is -0.490 e. The quantitative estimate of drug-likeness (QED) is 0.600. The molecular weight excluding hydrogens is 332 g/mol. The second kappa shape index (κ2) is 6.59. The molecule has 132 valence electrons. The van der Waals surface area contributed by atoms with Gasteiger partial charge in [-0.15, -0.1) is 0 Å². The van der Waals surface area contributed by atoms with E-state index in [9.17, 15) is 24.8 Å². The predicted octanol–water partition coefficient (Wildman–Crippen LogP) is 1.87. The van der Waals surface area contributed by atoms with E-state index in [4.69, 9.17) is 4.74 Å². The number of nitrogens with zero attached hydrogens (tertiary/aromatic N) is 3. The number of methoxy groups -OCH3 is 1. The first-order chi connectivity index (χ1) is 11.7. The molecule has 0 fully saturated rings. The number of carbonyl (C=O) groups is 2. The largest absolute Gasteiger partial charge is 0.490 e. The Morgan fingerprint density at radius 1 is 1.40 bits per heavy atom. The molecular formula is C15H16N4O6. The Labute approximate surface area is 142 Å². The van der Waals surface area contributed by atoms with Gasteiger partial charge in [-0.25, -0.2) is 4.79 Å². The summed E-state index contributed by atoms with van der Waals surface area (Å²) >= 11 is 0. The van der Waals surface area contributed by atoms with Gasteiger partial charge in [-0.2, -0.15) is 5.10 Å². The molecule has 2 rings (SSSR count). The average molecular weight is 348 g/mol. The molecule has 0 aliphatic carbocycles. The smallest absolute Gasteiger partial charge is 0.331 e. The molecule has 0 bridgehead atoms. The first kappa shape index (κ1) is 17.9. The van der Waals surface area contributed by atoms with Crippen molar-refractivity contribution >= 4 is 23.3 Å². The molecule has 0 atom stereocenters. The number of amides is 1. The number of aromatic nitrogens is 2. The summed E-state index contributed by atoms with van der Waals surface area (Å²) in [6, 6.07) is 3.71. The molecule has 0 aliphatic heterocycles. The molecule has 2 aromatic rings. The summed E-state index contributed by atoms with van der Waals surface area (Å²) < 4.78 is 6.13. The molecule has 0 unspecified atom stereocenters. The molecule has 0 aliphatic rings. The van der Waals surface area contributed by atoms with Crippen LogP contribution in [-0.2, 0) is 10.3 Å². The van der Waals surface area contributed by atoms with Crippen LogP contribution in [0.1, 0.15) is 24.2 Å². The maximum absolute atomic E-state index is 12.3. The van der Waals surface area contributed by atoms with Gasteiger partial charge in [-0.3, -0.25) is 19.6 Å². The molecule has 1 aromatic carbocycles. The minimum absolute atomic E-state index is 0.0413. The van der Waals surface area contributed by atoms with Gasteiger partial charge in [0.1, 0.15) is 0 Å². The Kier molecular flexibility index (Phi) is 4.72. The van der Waals surface area contributed by atoms with Crippen LogP contribution in [0.15, 0.2) is 30.6 Å². The third-order valence-electron chi connectivity index (χ3n) is 3.58.